The fraction of sp³-hybridized carbons (Fsp3) is 0.167. The van der Waals surface area contributed by atoms with Crippen molar-refractivity contribution in [1.29, 1.82) is 0 Å². The molecule has 1 heterocycles. The van der Waals surface area contributed by atoms with Crippen molar-refractivity contribution < 1.29 is 14.2 Å². The Hall–Kier alpha value is -3.52. The first kappa shape index (κ1) is 20.2. The van der Waals surface area contributed by atoms with E-state index in [2.05, 4.69) is 25.6 Å². The highest BCUT2D eigenvalue weighted by Crippen LogP contribution is 2.38. The van der Waals surface area contributed by atoms with E-state index in [4.69, 9.17) is 4.74 Å². The number of hydrogen-bond donors (Lipinski definition) is 2. The van der Waals surface area contributed by atoms with E-state index >= 15 is 0 Å². The van der Waals surface area contributed by atoms with E-state index in [-0.39, 0.29) is 17.6 Å². The van der Waals surface area contributed by atoms with Gasteiger partial charge in [-0.15, -0.1) is 0 Å². The molecule has 0 amide bonds. The summed E-state index contributed by atoms with van der Waals surface area (Å²) in [6, 6.07) is 11.4. The van der Waals surface area contributed by atoms with Crippen LogP contribution in [0.4, 0.5) is 29.0 Å². The lowest BCUT2D eigenvalue weighted by atomic mass is 10.2. The minimum absolute atomic E-state index is 0.101. The summed E-state index contributed by atoms with van der Waals surface area (Å²) in [6.45, 7) is 3.37. The lowest BCUT2D eigenvalue weighted by molar-refractivity contribution is -0.384. The molecule has 2 N–H and O–H groups in total. The van der Waals surface area contributed by atoms with Gasteiger partial charge in [-0.3, -0.25) is 10.1 Å². The topological polar surface area (TPSA) is 132 Å². The fourth-order valence-corrected chi connectivity index (χ4v) is 3.77. The molecule has 150 valence electrons. The zero-order valence-electron chi connectivity index (χ0n) is 16.0. The van der Waals surface area contributed by atoms with Crippen LogP contribution in [0.15, 0.2) is 48.8 Å². The Balaban J connectivity index is 1.90. The molecule has 0 radical (unpaired) electrons. The summed E-state index contributed by atoms with van der Waals surface area (Å²) in [6.07, 6.45) is 1.29. The third kappa shape index (κ3) is 4.85. The van der Waals surface area contributed by atoms with Crippen molar-refractivity contribution >= 4 is 41.4 Å². The van der Waals surface area contributed by atoms with Gasteiger partial charge in [-0.2, -0.15) is 4.98 Å². The maximum absolute atomic E-state index is 12.5. The molecule has 0 spiro atoms. The Morgan fingerprint density at radius 2 is 1.69 bits per heavy atom. The van der Waals surface area contributed by atoms with E-state index in [1.54, 1.807) is 25.5 Å². The van der Waals surface area contributed by atoms with Crippen LogP contribution in [0.25, 0.3) is 0 Å². The zero-order chi connectivity index (χ0) is 21.0. The number of aromatic nitrogens is 3. The van der Waals surface area contributed by atoms with Gasteiger partial charge in [-0.05, 0) is 31.5 Å². The van der Waals surface area contributed by atoms with E-state index < -0.39 is 12.1 Å². The van der Waals surface area contributed by atoms with Gasteiger partial charge in [0, 0.05) is 17.4 Å². The number of methoxy groups -OCH3 is 1. The molecule has 0 atom stereocenters. The highest BCUT2D eigenvalue weighted by Gasteiger charge is 2.17. The predicted molar refractivity (Wildman–Crippen MR) is 112 cm³/mol. The zero-order valence-corrected chi connectivity index (χ0v) is 16.9. The summed E-state index contributed by atoms with van der Waals surface area (Å²) in [4.78, 5) is 22.9. The monoisotopic (exact) mass is 414 g/mol. The molecule has 0 saturated heterocycles. The molecule has 29 heavy (non-hydrogen) atoms. The summed E-state index contributed by atoms with van der Waals surface area (Å²) in [7, 11) is -1.06. The number of nitrogens with zero attached hydrogens (tertiary/aromatic N) is 4. The SMILES string of the molecule is COc1ccc([N+](=O)[O-])cc1Nc1ncnc(Nc2ccccc2P(C)(C)=O)n1. The number of benzene rings is 2. The molecular weight excluding hydrogens is 395 g/mol. The third-order valence-corrected chi connectivity index (χ3v) is 5.49. The van der Waals surface area contributed by atoms with Crippen LogP contribution in [0.2, 0.25) is 0 Å². The Morgan fingerprint density at radius 3 is 2.31 bits per heavy atom. The Morgan fingerprint density at radius 1 is 1.03 bits per heavy atom. The maximum Gasteiger partial charge on any atom is 0.271 e. The van der Waals surface area contributed by atoms with Crippen LogP contribution in [-0.2, 0) is 4.57 Å². The van der Waals surface area contributed by atoms with Gasteiger partial charge in [-0.1, -0.05) is 12.1 Å². The van der Waals surface area contributed by atoms with Gasteiger partial charge >= 0.3 is 0 Å². The van der Waals surface area contributed by atoms with Crippen LogP contribution in [0, 0.1) is 10.1 Å². The average molecular weight is 414 g/mol. The first-order valence-corrected chi connectivity index (χ1v) is 11.1. The molecule has 0 bridgehead atoms. The second-order valence-electron chi connectivity index (χ2n) is 6.39. The highest BCUT2D eigenvalue weighted by atomic mass is 31.2. The normalized spacial score (nSPS) is 11.0. The second kappa shape index (κ2) is 8.24. The standard InChI is InChI=1S/C18H19N6O4P/c1-28-15-9-8-12(24(25)26)10-14(15)22-18-20-11-19-17(23-18)21-13-6-4-5-7-16(13)29(2,3)27/h4-11H,1-3H3,(H2,19,20,21,22,23). The first-order chi connectivity index (χ1) is 13.8. The molecule has 3 aromatic rings. The summed E-state index contributed by atoms with van der Waals surface area (Å²) < 4.78 is 17.7. The molecule has 0 aliphatic rings. The van der Waals surface area contributed by atoms with Crippen molar-refractivity contribution in [3.63, 3.8) is 0 Å². The van der Waals surface area contributed by atoms with Gasteiger partial charge in [0.05, 0.1) is 23.4 Å². The van der Waals surface area contributed by atoms with Crippen molar-refractivity contribution in [3.05, 3.63) is 58.9 Å². The van der Waals surface area contributed by atoms with Crippen LogP contribution in [0.5, 0.6) is 5.75 Å². The summed E-state index contributed by atoms with van der Waals surface area (Å²) >= 11 is 0. The largest absolute Gasteiger partial charge is 0.495 e. The van der Waals surface area contributed by atoms with E-state index in [0.717, 1.165) is 0 Å². The quantitative estimate of drug-likeness (QED) is 0.338. The van der Waals surface area contributed by atoms with Gasteiger partial charge in [0.2, 0.25) is 11.9 Å². The molecule has 3 rings (SSSR count). The minimum Gasteiger partial charge on any atom is -0.495 e. The van der Waals surface area contributed by atoms with Crippen LogP contribution in [0.3, 0.4) is 0 Å². The molecular formula is C18H19N6O4P. The Labute approximate surface area is 166 Å². The predicted octanol–water partition coefficient (Wildman–Crippen LogP) is 3.52. The van der Waals surface area contributed by atoms with E-state index in [1.807, 2.05) is 12.1 Å². The molecule has 0 saturated carbocycles. The molecule has 0 aliphatic carbocycles. The molecule has 0 fully saturated rings. The summed E-state index contributed by atoms with van der Waals surface area (Å²) in [5, 5.41) is 17.7. The number of non-ortho nitro benzene ring substituents is 1. The van der Waals surface area contributed by atoms with Crippen LogP contribution < -0.4 is 20.7 Å². The molecule has 0 unspecified atom stereocenters. The number of anilines is 4. The van der Waals surface area contributed by atoms with Crippen LogP contribution >= 0.6 is 7.14 Å². The molecule has 0 aliphatic heterocycles. The Bertz CT molecular complexity index is 1100. The number of nitro benzene ring substituents is 1. The fourth-order valence-electron chi connectivity index (χ4n) is 2.61. The third-order valence-electron chi connectivity index (χ3n) is 3.94. The number of para-hydroxylation sites is 1. The van der Waals surface area contributed by atoms with Crippen LogP contribution in [-0.4, -0.2) is 40.3 Å². The number of hydrogen-bond acceptors (Lipinski definition) is 9. The summed E-state index contributed by atoms with van der Waals surface area (Å²) in [5.74, 6) is 0.788. The van der Waals surface area contributed by atoms with Gasteiger partial charge in [0.25, 0.3) is 5.69 Å². The number of nitro groups is 1. The van der Waals surface area contributed by atoms with E-state index in [9.17, 15) is 14.7 Å². The Kier molecular flexibility index (Phi) is 5.74. The van der Waals surface area contributed by atoms with Crippen molar-refractivity contribution in [2.45, 2.75) is 0 Å². The summed E-state index contributed by atoms with van der Waals surface area (Å²) in [5.41, 5.74) is 0.869. The van der Waals surface area contributed by atoms with Gasteiger partial charge in [0.1, 0.15) is 19.2 Å². The van der Waals surface area contributed by atoms with Gasteiger partial charge in [-0.25, -0.2) is 9.97 Å². The lowest BCUT2D eigenvalue weighted by Crippen LogP contribution is -2.11. The molecule has 10 nitrogen and oxygen atoms in total. The minimum atomic E-state index is -2.51. The van der Waals surface area contributed by atoms with Crippen molar-refractivity contribution in [2.75, 3.05) is 31.1 Å². The number of nitrogens with one attached hydrogen (secondary N) is 2. The number of ether oxygens (including phenoxy) is 1. The van der Waals surface area contributed by atoms with Crippen molar-refractivity contribution in [1.82, 2.24) is 15.0 Å². The van der Waals surface area contributed by atoms with Gasteiger partial charge < -0.3 is 19.9 Å². The molecule has 1 aromatic heterocycles. The highest BCUT2D eigenvalue weighted by molar-refractivity contribution is 7.70. The lowest BCUT2D eigenvalue weighted by Gasteiger charge is -2.14. The van der Waals surface area contributed by atoms with Gasteiger partial charge in [0.15, 0.2) is 0 Å². The maximum atomic E-state index is 12.5. The first-order valence-electron chi connectivity index (χ1n) is 8.48. The van der Waals surface area contributed by atoms with Crippen LogP contribution in [0.1, 0.15) is 0 Å². The number of rotatable bonds is 7. The average Bonchev–Trinajstić information content (AvgIpc) is 2.68. The van der Waals surface area contributed by atoms with E-state index in [0.29, 0.717) is 22.4 Å². The smallest absolute Gasteiger partial charge is 0.271 e. The molecule has 2 aromatic carbocycles. The van der Waals surface area contributed by atoms with Crippen molar-refractivity contribution in [2.24, 2.45) is 0 Å². The second-order valence-corrected chi connectivity index (χ2v) is 9.58. The van der Waals surface area contributed by atoms with Crippen molar-refractivity contribution in [3.8, 4) is 5.75 Å². The molecule has 11 heteroatoms. The van der Waals surface area contributed by atoms with E-state index in [1.165, 1.54) is 31.6 Å².